The van der Waals surface area contributed by atoms with Gasteiger partial charge in [-0.2, -0.15) is 0 Å². The van der Waals surface area contributed by atoms with Crippen LogP contribution in [0.5, 0.6) is 0 Å². The van der Waals surface area contributed by atoms with E-state index in [0.29, 0.717) is 5.69 Å². The lowest BCUT2D eigenvalue weighted by Gasteiger charge is -2.02. The first-order valence-corrected chi connectivity index (χ1v) is 3.69. The van der Waals surface area contributed by atoms with Gasteiger partial charge in [0, 0.05) is 6.20 Å². The summed E-state index contributed by atoms with van der Waals surface area (Å²) in [6.45, 7) is 3.41. The van der Waals surface area contributed by atoms with Gasteiger partial charge in [-0.25, -0.2) is 4.98 Å². The first-order valence-electron chi connectivity index (χ1n) is 3.69. The van der Waals surface area contributed by atoms with Gasteiger partial charge in [0.15, 0.2) is 5.78 Å². The highest BCUT2D eigenvalue weighted by Crippen LogP contribution is 1.98. The van der Waals surface area contributed by atoms with Crippen molar-refractivity contribution in [3.63, 3.8) is 0 Å². The second-order valence-electron chi connectivity index (χ2n) is 2.70. The molecule has 12 heavy (non-hydrogen) atoms. The number of Topliss-reactive ketones (excluding diaryl/α,β-unsaturated/α-hetero) is 1. The van der Waals surface area contributed by atoms with E-state index in [2.05, 4.69) is 9.97 Å². The molecule has 64 valence electrons. The molecule has 4 heteroatoms. The fraction of sp³-hybridized carbons (Fsp3) is 0.375. The third kappa shape index (κ3) is 1.85. The average molecular weight is 165 g/mol. The summed E-state index contributed by atoms with van der Waals surface area (Å²) in [7, 11) is 0. The molecular weight excluding hydrogens is 154 g/mol. The Labute approximate surface area is 70.8 Å². The van der Waals surface area contributed by atoms with Crippen molar-refractivity contribution in [2.45, 2.75) is 19.9 Å². The van der Waals surface area contributed by atoms with Gasteiger partial charge < -0.3 is 5.73 Å². The second kappa shape index (κ2) is 3.40. The van der Waals surface area contributed by atoms with Crippen LogP contribution in [-0.4, -0.2) is 21.8 Å². The highest BCUT2D eigenvalue weighted by molar-refractivity contribution is 5.97. The maximum atomic E-state index is 11.3. The van der Waals surface area contributed by atoms with Gasteiger partial charge in [-0.3, -0.25) is 9.78 Å². The first kappa shape index (κ1) is 8.80. The van der Waals surface area contributed by atoms with Crippen LogP contribution in [0.15, 0.2) is 12.4 Å². The van der Waals surface area contributed by atoms with Crippen LogP contribution in [0.4, 0.5) is 0 Å². The molecule has 0 saturated heterocycles. The molecule has 0 saturated carbocycles. The summed E-state index contributed by atoms with van der Waals surface area (Å²) >= 11 is 0. The molecular formula is C8H11N3O. The third-order valence-corrected chi connectivity index (χ3v) is 1.42. The zero-order valence-corrected chi connectivity index (χ0v) is 7.11. The van der Waals surface area contributed by atoms with E-state index in [4.69, 9.17) is 5.73 Å². The zero-order chi connectivity index (χ0) is 9.14. The molecule has 0 aliphatic heterocycles. The van der Waals surface area contributed by atoms with Crippen molar-refractivity contribution >= 4 is 5.78 Å². The quantitative estimate of drug-likeness (QED) is 0.640. The minimum Gasteiger partial charge on any atom is -0.321 e. The van der Waals surface area contributed by atoms with Crippen LogP contribution in [0.2, 0.25) is 0 Å². The largest absolute Gasteiger partial charge is 0.321 e. The van der Waals surface area contributed by atoms with Crippen molar-refractivity contribution in [2.24, 2.45) is 5.73 Å². The summed E-state index contributed by atoms with van der Waals surface area (Å²) in [6.07, 6.45) is 3.02. The highest BCUT2D eigenvalue weighted by Gasteiger charge is 2.11. The maximum absolute atomic E-state index is 11.3. The lowest BCUT2D eigenvalue weighted by atomic mass is 10.2. The van der Waals surface area contributed by atoms with Crippen molar-refractivity contribution in [3.8, 4) is 0 Å². The number of nitrogens with two attached hydrogens (primary N) is 1. The summed E-state index contributed by atoms with van der Waals surface area (Å²) in [6, 6.07) is -0.513. The molecule has 0 aliphatic rings. The topological polar surface area (TPSA) is 68.9 Å². The Balaban J connectivity index is 2.96. The Hall–Kier alpha value is -1.29. The normalized spacial score (nSPS) is 12.6. The van der Waals surface area contributed by atoms with E-state index in [9.17, 15) is 4.79 Å². The van der Waals surface area contributed by atoms with Gasteiger partial charge in [0.25, 0.3) is 0 Å². The maximum Gasteiger partial charge on any atom is 0.199 e. The summed E-state index contributed by atoms with van der Waals surface area (Å²) in [5.74, 6) is -0.175. The summed E-state index contributed by atoms with van der Waals surface area (Å²) < 4.78 is 0. The van der Waals surface area contributed by atoms with Gasteiger partial charge in [-0.05, 0) is 13.8 Å². The van der Waals surface area contributed by atoms with Crippen LogP contribution in [0, 0.1) is 6.92 Å². The number of aryl methyl sites for hydroxylation is 1. The first-order chi connectivity index (χ1) is 5.61. The van der Waals surface area contributed by atoms with Crippen LogP contribution in [0.3, 0.4) is 0 Å². The number of nitrogens with zero attached hydrogens (tertiary/aromatic N) is 2. The molecule has 0 aliphatic carbocycles. The van der Waals surface area contributed by atoms with E-state index in [1.54, 1.807) is 20.0 Å². The molecule has 0 radical (unpaired) electrons. The molecule has 0 amide bonds. The van der Waals surface area contributed by atoms with Gasteiger partial charge in [0.05, 0.1) is 17.9 Å². The Morgan fingerprint density at radius 3 is 2.75 bits per heavy atom. The predicted octanol–water partition coefficient (Wildman–Crippen LogP) is 0.315. The van der Waals surface area contributed by atoms with Crippen LogP contribution in [0.1, 0.15) is 23.1 Å². The molecule has 1 aromatic heterocycles. The summed E-state index contributed by atoms with van der Waals surface area (Å²) in [5, 5.41) is 0. The molecule has 1 aromatic rings. The number of carbonyl (C=O) groups excluding carboxylic acids is 1. The Kier molecular flexibility index (Phi) is 2.50. The molecule has 1 unspecified atom stereocenters. The fourth-order valence-corrected chi connectivity index (χ4v) is 0.815. The van der Waals surface area contributed by atoms with Crippen molar-refractivity contribution < 1.29 is 4.79 Å². The van der Waals surface area contributed by atoms with Crippen molar-refractivity contribution in [3.05, 3.63) is 23.8 Å². The van der Waals surface area contributed by atoms with Crippen LogP contribution < -0.4 is 5.73 Å². The smallest absolute Gasteiger partial charge is 0.199 e. The van der Waals surface area contributed by atoms with E-state index >= 15 is 0 Å². The van der Waals surface area contributed by atoms with Crippen molar-refractivity contribution in [1.82, 2.24) is 9.97 Å². The number of aromatic nitrogens is 2. The lowest BCUT2D eigenvalue weighted by Crippen LogP contribution is -2.27. The molecule has 1 atom stereocenters. The number of hydrogen-bond donors (Lipinski definition) is 1. The monoisotopic (exact) mass is 165 g/mol. The van der Waals surface area contributed by atoms with Gasteiger partial charge in [-0.1, -0.05) is 0 Å². The number of rotatable bonds is 2. The van der Waals surface area contributed by atoms with E-state index in [1.165, 1.54) is 6.20 Å². The predicted molar refractivity (Wildman–Crippen MR) is 44.7 cm³/mol. The van der Waals surface area contributed by atoms with Gasteiger partial charge >= 0.3 is 0 Å². The van der Waals surface area contributed by atoms with E-state index in [0.717, 1.165) is 5.69 Å². The van der Waals surface area contributed by atoms with Gasteiger partial charge in [0.1, 0.15) is 5.69 Å². The molecule has 4 nitrogen and oxygen atoms in total. The van der Waals surface area contributed by atoms with Crippen LogP contribution in [0.25, 0.3) is 0 Å². The van der Waals surface area contributed by atoms with Crippen molar-refractivity contribution in [1.29, 1.82) is 0 Å². The number of hydrogen-bond acceptors (Lipinski definition) is 4. The summed E-state index contributed by atoms with van der Waals surface area (Å²) in [5.41, 5.74) is 6.46. The molecule has 2 N–H and O–H groups in total. The average Bonchev–Trinajstić information content (AvgIpc) is 2.03. The van der Waals surface area contributed by atoms with E-state index < -0.39 is 6.04 Å². The molecule has 0 bridgehead atoms. The Bertz CT molecular complexity index is 296. The molecule has 0 aromatic carbocycles. The SMILES string of the molecule is Cc1cncc(C(=O)C(C)N)n1. The lowest BCUT2D eigenvalue weighted by molar-refractivity contribution is 0.0962. The molecule has 1 rings (SSSR count). The minimum atomic E-state index is -0.513. The zero-order valence-electron chi connectivity index (χ0n) is 7.11. The highest BCUT2D eigenvalue weighted by atomic mass is 16.1. The van der Waals surface area contributed by atoms with Crippen molar-refractivity contribution in [2.75, 3.05) is 0 Å². The minimum absolute atomic E-state index is 0.175. The Morgan fingerprint density at radius 2 is 2.25 bits per heavy atom. The van der Waals surface area contributed by atoms with Gasteiger partial charge in [0.2, 0.25) is 0 Å². The van der Waals surface area contributed by atoms with Crippen LogP contribution in [-0.2, 0) is 0 Å². The third-order valence-electron chi connectivity index (χ3n) is 1.42. The van der Waals surface area contributed by atoms with E-state index in [-0.39, 0.29) is 5.78 Å². The number of carbonyl (C=O) groups is 1. The fourth-order valence-electron chi connectivity index (χ4n) is 0.815. The Morgan fingerprint density at radius 1 is 1.58 bits per heavy atom. The van der Waals surface area contributed by atoms with E-state index in [1.807, 2.05) is 0 Å². The summed E-state index contributed by atoms with van der Waals surface area (Å²) in [4.78, 5) is 19.1. The standard InChI is InChI=1S/C8H11N3O/c1-5-3-10-4-7(11-5)8(12)6(2)9/h3-4,6H,9H2,1-2H3. The molecule has 0 fully saturated rings. The second-order valence-corrected chi connectivity index (χ2v) is 2.70. The number of ketones is 1. The van der Waals surface area contributed by atoms with Crippen LogP contribution >= 0.6 is 0 Å². The molecule has 1 heterocycles. The molecule has 0 spiro atoms. The van der Waals surface area contributed by atoms with Gasteiger partial charge in [-0.15, -0.1) is 0 Å².